The van der Waals surface area contributed by atoms with Gasteiger partial charge in [0.1, 0.15) is 5.75 Å². The van der Waals surface area contributed by atoms with Crippen LogP contribution in [0.2, 0.25) is 0 Å². The Balaban J connectivity index is 1.69. The van der Waals surface area contributed by atoms with Gasteiger partial charge >= 0.3 is 0 Å². The molecule has 1 heterocycles. The molecule has 1 aromatic carbocycles. The fourth-order valence-electron chi connectivity index (χ4n) is 3.02. The summed E-state index contributed by atoms with van der Waals surface area (Å²) in [6.07, 6.45) is 6.83. The lowest BCUT2D eigenvalue weighted by Gasteiger charge is -2.21. The van der Waals surface area contributed by atoms with Crippen LogP contribution in [0.3, 0.4) is 0 Å². The Kier molecular flexibility index (Phi) is 6.72. The molecule has 1 aliphatic heterocycles. The second-order valence-electron chi connectivity index (χ2n) is 6.28. The fourth-order valence-corrected chi connectivity index (χ4v) is 3.02. The highest BCUT2D eigenvalue weighted by Crippen LogP contribution is 2.14. The molecule has 0 atom stereocenters. The fraction of sp³-hybridized carbons (Fsp3) is 0.611. The predicted octanol–water partition coefficient (Wildman–Crippen LogP) is 3.01. The molecule has 22 heavy (non-hydrogen) atoms. The quantitative estimate of drug-likeness (QED) is 0.878. The number of rotatable bonds is 6. The SMILES string of the molecule is CN(Cc1cccc(O)c1)C(=O)CCCN1CCCCCC1. The van der Waals surface area contributed by atoms with Crippen LogP contribution in [0, 0.1) is 0 Å². The first-order valence-corrected chi connectivity index (χ1v) is 8.39. The summed E-state index contributed by atoms with van der Waals surface area (Å²) in [5.74, 6) is 0.428. The van der Waals surface area contributed by atoms with Crippen molar-refractivity contribution < 1.29 is 9.90 Å². The molecule has 0 aromatic heterocycles. The maximum absolute atomic E-state index is 12.2. The summed E-state index contributed by atoms with van der Waals surface area (Å²) in [6, 6.07) is 7.09. The molecule has 1 saturated heterocycles. The average molecular weight is 304 g/mol. The van der Waals surface area contributed by atoms with Crippen molar-refractivity contribution in [1.82, 2.24) is 9.80 Å². The Hall–Kier alpha value is -1.55. The lowest BCUT2D eigenvalue weighted by molar-refractivity contribution is -0.130. The third kappa shape index (κ3) is 5.68. The largest absolute Gasteiger partial charge is 0.508 e. The second kappa shape index (κ2) is 8.79. The van der Waals surface area contributed by atoms with Crippen LogP contribution in [-0.4, -0.2) is 47.5 Å². The standard InChI is InChI=1S/C18H28N2O2/c1-19(15-16-8-6-9-17(21)14-16)18(22)10-7-13-20-11-4-2-3-5-12-20/h6,8-9,14,21H,2-5,7,10-13,15H2,1H3. The lowest BCUT2D eigenvalue weighted by atomic mass is 10.2. The number of nitrogens with zero attached hydrogens (tertiary/aromatic N) is 2. The summed E-state index contributed by atoms with van der Waals surface area (Å²) in [5.41, 5.74) is 0.961. The molecular formula is C18H28N2O2. The molecule has 0 bridgehead atoms. The Bertz CT molecular complexity index is 468. The summed E-state index contributed by atoms with van der Waals surface area (Å²) < 4.78 is 0. The van der Waals surface area contributed by atoms with E-state index in [2.05, 4.69) is 4.90 Å². The third-order valence-electron chi connectivity index (χ3n) is 4.32. The molecule has 4 heteroatoms. The van der Waals surface area contributed by atoms with E-state index in [0.717, 1.165) is 18.5 Å². The van der Waals surface area contributed by atoms with Crippen LogP contribution in [0.15, 0.2) is 24.3 Å². The van der Waals surface area contributed by atoms with E-state index in [1.54, 1.807) is 17.0 Å². The van der Waals surface area contributed by atoms with Crippen molar-refractivity contribution in [1.29, 1.82) is 0 Å². The monoisotopic (exact) mass is 304 g/mol. The van der Waals surface area contributed by atoms with Crippen molar-refractivity contribution >= 4 is 5.91 Å². The van der Waals surface area contributed by atoms with Crippen LogP contribution < -0.4 is 0 Å². The molecule has 0 spiro atoms. The van der Waals surface area contributed by atoms with Crippen LogP contribution >= 0.6 is 0 Å². The molecule has 4 nitrogen and oxygen atoms in total. The van der Waals surface area contributed by atoms with Crippen molar-refractivity contribution in [3.63, 3.8) is 0 Å². The number of hydrogen-bond acceptors (Lipinski definition) is 3. The molecule has 122 valence electrons. The zero-order chi connectivity index (χ0) is 15.8. The van der Waals surface area contributed by atoms with Gasteiger partial charge in [-0.1, -0.05) is 25.0 Å². The molecule has 2 rings (SSSR count). The number of phenolic OH excluding ortho intramolecular Hbond substituents is 1. The molecule has 0 unspecified atom stereocenters. The number of phenols is 1. The van der Waals surface area contributed by atoms with E-state index >= 15 is 0 Å². The van der Waals surface area contributed by atoms with Crippen molar-refractivity contribution in [3.05, 3.63) is 29.8 Å². The number of hydrogen-bond donors (Lipinski definition) is 1. The maximum Gasteiger partial charge on any atom is 0.222 e. The first-order valence-electron chi connectivity index (χ1n) is 8.39. The molecule has 0 radical (unpaired) electrons. The predicted molar refractivity (Wildman–Crippen MR) is 88.7 cm³/mol. The Morgan fingerprint density at radius 2 is 1.95 bits per heavy atom. The van der Waals surface area contributed by atoms with Crippen LogP contribution in [-0.2, 0) is 11.3 Å². The molecule has 1 aliphatic rings. The highest BCUT2D eigenvalue weighted by molar-refractivity contribution is 5.75. The minimum atomic E-state index is 0.179. The van der Waals surface area contributed by atoms with Crippen LogP contribution in [0.4, 0.5) is 0 Å². The highest BCUT2D eigenvalue weighted by atomic mass is 16.3. The zero-order valence-electron chi connectivity index (χ0n) is 13.6. The van der Waals surface area contributed by atoms with Gasteiger partial charge in [-0.2, -0.15) is 0 Å². The minimum Gasteiger partial charge on any atom is -0.508 e. The molecule has 0 aliphatic carbocycles. The molecule has 1 fully saturated rings. The number of benzene rings is 1. The van der Waals surface area contributed by atoms with Gasteiger partial charge < -0.3 is 14.9 Å². The van der Waals surface area contributed by atoms with Crippen molar-refractivity contribution in [2.24, 2.45) is 0 Å². The molecular weight excluding hydrogens is 276 g/mol. The minimum absolute atomic E-state index is 0.179. The van der Waals surface area contributed by atoms with Crippen molar-refractivity contribution in [3.8, 4) is 5.75 Å². The number of carbonyl (C=O) groups excluding carboxylic acids is 1. The second-order valence-corrected chi connectivity index (χ2v) is 6.28. The van der Waals surface area contributed by atoms with Crippen LogP contribution in [0.1, 0.15) is 44.1 Å². The number of likely N-dealkylation sites (tertiary alicyclic amines) is 1. The normalized spacial score (nSPS) is 16.2. The van der Waals surface area contributed by atoms with Crippen molar-refractivity contribution in [2.75, 3.05) is 26.7 Å². The molecule has 1 amide bonds. The topological polar surface area (TPSA) is 43.8 Å². The summed E-state index contributed by atoms with van der Waals surface area (Å²) in [6.45, 7) is 3.96. The summed E-state index contributed by atoms with van der Waals surface area (Å²) in [5, 5.41) is 9.46. The number of aromatic hydroxyl groups is 1. The summed E-state index contributed by atoms with van der Waals surface area (Å²) in [4.78, 5) is 16.4. The van der Waals surface area contributed by atoms with Crippen LogP contribution in [0.25, 0.3) is 0 Å². The molecule has 0 saturated carbocycles. The summed E-state index contributed by atoms with van der Waals surface area (Å²) >= 11 is 0. The Morgan fingerprint density at radius 1 is 1.23 bits per heavy atom. The Labute approximate surface area is 133 Å². The van der Waals surface area contributed by atoms with E-state index in [1.165, 1.54) is 38.8 Å². The zero-order valence-corrected chi connectivity index (χ0v) is 13.6. The van der Waals surface area contributed by atoms with Gasteiger partial charge in [0, 0.05) is 20.0 Å². The average Bonchev–Trinajstić information content (AvgIpc) is 2.76. The van der Waals surface area contributed by atoms with E-state index in [4.69, 9.17) is 0 Å². The number of amides is 1. The third-order valence-corrected chi connectivity index (χ3v) is 4.32. The molecule has 1 N–H and O–H groups in total. The smallest absolute Gasteiger partial charge is 0.222 e. The lowest BCUT2D eigenvalue weighted by Crippen LogP contribution is -2.29. The van der Waals surface area contributed by atoms with Gasteiger partial charge in [0.2, 0.25) is 5.91 Å². The van der Waals surface area contributed by atoms with Gasteiger partial charge in [-0.3, -0.25) is 4.79 Å². The van der Waals surface area contributed by atoms with Gasteiger partial charge in [0.15, 0.2) is 0 Å². The van der Waals surface area contributed by atoms with Gasteiger partial charge in [0.25, 0.3) is 0 Å². The number of carbonyl (C=O) groups is 1. The van der Waals surface area contributed by atoms with Crippen molar-refractivity contribution in [2.45, 2.75) is 45.1 Å². The van der Waals surface area contributed by atoms with E-state index in [-0.39, 0.29) is 11.7 Å². The Morgan fingerprint density at radius 3 is 2.64 bits per heavy atom. The maximum atomic E-state index is 12.2. The summed E-state index contributed by atoms with van der Waals surface area (Å²) in [7, 11) is 1.83. The van der Waals surface area contributed by atoms with Gasteiger partial charge in [-0.25, -0.2) is 0 Å². The van der Waals surface area contributed by atoms with Gasteiger partial charge in [-0.15, -0.1) is 0 Å². The van der Waals surface area contributed by atoms with E-state index in [9.17, 15) is 9.90 Å². The van der Waals surface area contributed by atoms with Crippen LogP contribution in [0.5, 0.6) is 5.75 Å². The van der Waals surface area contributed by atoms with E-state index in [0.29, 0.717) is 13.0 Å². The van der Waals surface area contributed by atoms with E-state index in [1.807, 2.05) is 19.2 Å². The first-order chi connectivity index (χ1) is 10.6. The van der Waals surface area contributed by atoms with Gasteiger partial charge in [-0.05, 0) is 56.6 Å². The highest BCUT2D eigenvalue weighted by Gasteiger charge is 2.12. The van der Waals surface area contributed by atoms with E-state index < -0.39 is 0 Å². The first kappa shape index (κ1) is 16.8. The van der Waals surface area contributed by atoms with Gasteiger partial charge in [0.05, 0.1) is 0 Å². The molecule has 1 aromatic rings.